The fourth-order valence-corrected chi connectivity index (χ4v) is 5.00. The van der Waals surface area contributed by atoms with Crippen molar-refractivity contribution in [3.05, 3.63) is 53.6 Å². The number of amides is 2. The van der Waals surface area contributed by atoms with Crippen LogP contribution in [-0.4, -0.2) is 60.1 Å². The predicted octanol–water partition coefficient (Wildman–Crippen LogP) is 4.25. The van der Waals surface area contributed by atoms with Gasteiger partial charge in [0, 0.05) is 56.3 Å². The van der Waals surface area contributed by atoms with Gasteiger partial charge in [-0.05, 0) is 48.6 Å². The molecule has 0 aromatic heterocycles. The van der Waals surface area contributed by atoms with E-state index < -0.39 is 5.79 Å². The lowest BCUT2D eigenvalue weighted by atomic mass is 10.0. The molecule has 1 N–H and O–H groups in total. The molecule has 2 aromatic carbocycles. The zero-order valence-corrected chi connectivity index (χ0v) is 20.0. The van der Waals surface area contributed by atoms with Gasteiger partial charge in [-0.25, -0.2) is 0 Å². The molecule has 7 heteroatoms. The Morgan fingerprint density at radius 3 is 2.29 bits per heavy atom. The Kier molecular flexibility index (Phi) is 6.21. The summed E-state index contributed by atoms with van der Waals surface area (Å²) < 4.78 is 12.1. The monoisotopic (exact) mass is 463 g/mol. The first-order valence-electron chi connectivity index (χ1n) is 12.3. The SMILES string of the molecule is CC(C)c1ccc(C(=O)N2CCN(CC(=O)Nc3ccc4c(c3)OC3(CCCC3)O4)CC2)cc1. The number of hydrogen-bond donors (Lipinski definition) is 1. The van der Waals surface area contributed by atoms with Crippen molar-refractivity contribution in [3.63, 3.8) is 0 Å². The average molecular weight is 464 g/mol. The van der Waals surface area contributed by atoms with E-state index >= 15 is 0 Å². The molecule has 34 heavy (non-hydrogen) atoms. The number of nitrogens with one attached hydrogen (secondary N) is 1. The van der Waals surface area contributed by atoms with Crippen LogP contribution in [0, 0.1) is 0 Å². The standard InChI is InChI=1S/C27H33N3O4/c1-19(2)20-5-7-21(8-6-20)26(32)30-15-13-29(14-16-30)18-25(31)28-22-9-10-23-24(17-22)34-27(33-23)11-3-4-12-27/h5-10,17,19H,3-4,11-16,18H2,1-2H3,(H,28,31). The Bertz CT molecular complexity index is 1050. The van der Waals surface area contributed by atoms with E-state index in [1.807, 2.05) is 47.4 Å². The number of benzene rings is 2. The van der Waals surface area contributed by atoms with Gasteiger partial charge >= 0.3 is 0 Å². The third-order valence-corrected chi connectivity index (χ3v) is 7.04. The molecule has 180 valence electrons. The van der Waals surface area contributed by atoms with Gasteiger partial charge in [0.2, 0.25) is 5.91 Å². The average Bonchev–Trinajstić information content (AvgIpc) is 3.44. The van der Waals surface area contributed by atoms with E-state index in [2.05, 4.69) is 24.1 Å². The van der Waals surface area contributed by atoms with Crippen LogP contribution in [0.2, 0.25) is 0 Å². The topological polar surface area (TPSA) is 71.1 Å². The van der Waals surface area contributed by atoms with Crippen LogP contribution < -0.4 is 14.8 Å². The van der Waals surface area contributed by atoms with Crippen LogP contribution in [0.15, 0.2) is 42.5 Å². The lowest BCUT2D eigenvalue weighted by molar-refractivity contribution is -0.117. The molecule has 0 atom stereocenters. The van der Waals surface area contributed by atoms with Crippen molar-refractivity contribution < 1.29 is 19.1 Å². The molecule has 2 heterocycles. The van der Waals surface area contributed by atoms with Crippen LogP contribution in [0.1, 0.15) is 61.4 Å². The number of fused-ring (bicyclic) bond motifs is 1. The molecule has 0 bridgehead atoms. The minimum atomic E-state index is -0.501. The molecule has 0 radical (unpaired) electrons. The minimum Gasteiger partial charge on any atom is -0.448 e. The van der Waals surface area contributed by atoms with Gasteiger partial charge in [-0.3, -0.25) is 14.5 Å². The van der Waals surface area contributed by atoms with Gasteiger partial charge in [-0.2, -0.15) is 0 Å². The molecule has 7 nitrogen and oxygen atoms in total. The van der Waals surface area contributed by atoms with Crippen molar-refractivity contribution >= 4 is 17.5 Å². The van der Waals surface area contributed by atoms with Crippen molar-refractivity contribution in [2.75, 3.05) is 38.0 Å². The normalized spacial score (nSPS) is 19.1. The van der Waals surface area contributed by atoms with E-state index in [1.165, 1.54) is 5.56 Å². The van der Waals surface area contributed by atoms with Crippen LogP contribution in [-0.2, 0) is 4.79 Å². The van der Waals surface area contributed by atoms with Crippen LogP contribution in [0.5, 0.6) is 11.5 Å². The molecule has 5 rings (SSSR count). The molecule has 1 saturated heterocycles. The maximum atomic E-state index is 12.8. The number of carbonyl (C=O) groups excluding carboxylic acids is 2. The number of nitrogens with zero attached hydrogens (tertiary/aromatic N) is 2. The molecule has 1 spiro atoms. The van der Waals surface area contributed by atoms with Crippen LogP contribution >= 0.6 is 0 Å². The summed E-state index contributed by atoms with van der Waals surface area (Å²) in [7, 11) is 0. The zero-order valence-electron chi connectivity index (χ0n) is 20.0. The second-order valence-corrected chi connectivity index (χ2v) is 9.88. The summed E-state index contributed by atoms with van der Waals surface area (Å²) in [6, 6.07) is 13.5. The second-order valence-electron chi connectivity index (χ2n) is 9.88. The van der Waals surface area contributed by atoms with Crippen molar-refractivity contribution in [2.24, 2.45) is 0 Å². The van der Waals surface area contributed by atoms with Crippen molar-refractivity contribution in [1.82, 2.24) is 9.80 Å². The van der Waals surface area contributed by atoms with Gasteiger partial charge in [0.25, 0.3) is 11.7 Å². The predicted molar refractivity (Wildman–Crippen MR) is 130 cm³/mol. The third kappa shape index (κ3) is 4.75. The maximum Gasteiger partial charge on any atom is 0.253 e. The largest absolute Gasteiger partial charge is 0.448 e. The van der Waals surface area contributed by atoms with Gasteiger partial charge < -0.3 is 19.7 Å². The Morgan fingerprint density at radius 1 is 0.941 bits per heavy atom. The summed E-state index contributed by atoms with van der Waals surface area (Å²) >= 11 is 0. The van der Waals surface area contributed by atoms with Crippen LogP contribution in [0.25, 0.3) is 0 Å². The number of rotatable bonds is 5. The van der Waals surface area contributed by atoms with Gasteiger partial charge in [-0.1, -0.05) is 26.0 Å². The summed E-state index contributed by atoms with van der Waals surface area (Å²) in [6.07, 6.45) is 4.03. The molecule has 2 fully saturated rings. The molecule has 2 amide bonds. The Labute approximate surface area is 201 Å². The fourth-order valence-electron chi connectivity index (χ4n) is 5.00. The van der Waals surface area contributed by atoms with Crippen LogP contribution in [0.4, 0.5) is 5.69 Å². The molecule has 1 aliphatic carbocycles. The fraction of sp³-hybridized carbons (Fsp3) is 0.481. The van der Waals surface area contributed by atoms with Crippen LogP contribution in [0.3, 0.4) is 0 Å². The molecule has 1 saturated carbocycles. The lowest BCUT2D eigenvalue weighted by Gasteiger charge is -2.34. The lowest BCUT2D eigenvalue weighted by Crippen LogP contribution is -2.50. The van der Waals surface area contributed by atoms with Crippen molar-refractivity contribution in [1.29, 1.82) is 0 Å². The van der Waals surface area contributed by atoms with Gasteiger partial charge in [-0.15, -0.1) is 0 Å². The zero-order chi connectivity index (χ0) is 23.7. The quantitative estimate of drug-likeness (QED) is 0.718. The first-order chi connectivity index (χ1) is 16.4. The van der Waals surface area contributed by atoms with E-state index in [4.69, 9.17) is 9.47 Å². The maximum absolute atomic E-state index is 12.8. The third-order valence-electron chi connectivity index (χ3n) is 7.04. The van der Waals surface area contributed by atoms with E-state index in [1.54, 1.807) is 0 Å². The Balaban J connectivity index is 1.10. The van der Waals surface area contributed by atoms with E-state index in [-0.39, 0.29) is 11.8 Å². The highest BCUT2D eigenvalue weighted by atomic mass is 16.7. The summed E-state index contributed by atoms with van der Waals surface area (Å²) in [5.41, 5.74) is 2.66. The Hall–Kier alpha value is -3.06. The van der Waals surface area contributed by atoms with E-state index in [0.29, 0.717) is 50.1 Å². The minimum absolute atomic E-state index is 0.0554. The van der Waals surface area contributed by atoms with Gasteiger partial charge in [0.1, 0.15) is 0 Å². The van der Waals surface area contributed by atoms with E-state index in [9.17, 15) is 9.59 Å². The highest BCUT2D eigenvalue weighted by Crippen LogP contribution is 2.47. The van der Waals surface area contributed by atoms with Crippen molar-refractivity contribution in [2.45, 2.75) is 51.2 Å². The van der Waals surface area contributed by atoms with E-state index in [0.717, 1.165) is 37.0 Å². The summed E-state index contributed by atoms with van der Waals surface area (Å²) in [6.45, 7) is 7.16. The molecule has 2 aliphatic heterocycles. The highest BCUT2D eigenvalue weighted by molar-refractivity contribution is 5.94. The number of piperazine rings is 1. The molecule has 2 aromatic rings. The van der Waals surface area contributed by atoms with Gasteiger partial charge in [0.05, 0.1) is 6.54 Å². The van der Waals surface area contributed by atoms with Crippen molar-refractivity contribution in [3.8, 4) is 11.5 Å². The number of anilines is 1. The molecular formula is C27H33N3O4. The summed E-state index contributed by atoms with van der Waals surface area (Å²) in [5, 5.41) is 2.98. The second kappa shape index (κ2) is 9.29. The van der Waals surface area contributed by atoms with Gasteiger partial charge in [0.15, 0.2) is 11.5 Å². The first kappa shape index (κ1) is 22.7. The number of hydrogen-bond acceptors (Lipinski definition) is 5. The number of carbonyl (C=O) groups is 2. The Morgan fingerprint density at radius 2 is 1.62 bits per heavy atom. The first-order valence-corrected chi connectivity index (χ1v) is 12.3. The molecule has 3 aliphatic rings. The highest BCUT2D eigenvalue weighted by Gasteiger charge is 2.44. The summed E-state index contributed by atoms with van der Waals surface area (Å²) in [5.74, 6) is 1.38. The molecule has 0 unspecified atom stereocenters. The molecular weight excluding hydrogens is 430 g/mol. The summed E-state index contributed by atoms with van der Waals surface area (Å²) in [4.78, 5) is 29.4. The smallest absolute Gasteiger partial charge is 0.253 e. The number of ether oxygens (including phenoxy) is 2.